The van der Waals surface area contributed by atoms with Gasteiger partial charge in [0.1, 0.15) is 11.6 Å². The number of nitrogens with one attached hydrogen (secondary N) is 1. The summed E-state index contributed by atoms with van der Waals surface area (Å²) in [5.41, 5.74) is -1.74. The van der Waals surface area contributed by atoms with Crippen LogP contribution in [-0.2, 0) is 10.0 Å². The molecule has 0 heterocycles. The number of alkyl halides is 1. The number of hydrogen-bond acceptors (Lipinski definition) is 5. The number of sulfonamides is 1. The number of nitro groups is 1. The van der Waals surface area contributed by atoms with E-state index in [1.807, 2.05) is 5.32 Å². The molecule has 110 valence electrons. The molecule has 0 saturated heterocycles. The van der Waals surface area contributed by atoms with Crippen molar-refractivity contribution in [1.82, 2.24) is 5.32 Å². The number of benzene rings is 1. The van der Waals surface area contributed by atoms with Crippen LogP contribution in [0.15, 0.2) is 17.0 Å². The fourth-order valence-electron chi connectivity index (χ4n) is 1.32. The summed E-state index contributed by atoms with van der Waals surface area (Å²) < 4.78 is 48.0. The van der Waals surface area contributed by atoms with E-state index in [-0.39, 0.29) is 0 Å². The standard InChI is InChI=1S/C9H9F2N3O5S/c10-1-2-13-9(15)6-3-5(14(16)17)4-7(8(6)11)20(12,18)19/h3-4H,1-2H2,(H,13,15)(H2,12,18,19). The molecule has 0 radical (unpaired) electrons. The highest BCUT2D eigenvalue weighted by Crippen LogP contribution is 2.24. The minimum Gasteiger partial charge on any atom is -0.349 e. The summed E-state index contributed by atoms with van der Waals surface area (Å²) in [4.78, 5) is 19.9. The summed E-state index contributed by atoms with van der Waals surface area (Å²) in [6.07, 6.45) is 0. The van der Waals surface area contributed by atoms with Crippen LogP contribution in [0.2, 0.25) is 0 Å². The van der Waals surface area contributed by atoms with Crippen LogP contribution in [0.3, 0.4) is 0 Å². The summed E-state index contributed by atoms with van der Waals surface area (Å²) >= 11 is 0. The molecule has 8 nitrogen and oxygen atoms in total. The largest absolute Gasteiger partial charge is 0.349 e. The van der Waals surface area contributed by atoms with Crippen LogP contribution in [0, 0.1) is 15.9 Å². The van der Waals surface area contributed by atoms with E-state index < -0.39 is 56.0 Å². The zero-order valence-electron chi connectivity index (χ0n) is 9.80. The van der Waals surface area contributed by atoms with Crippen molar-refractivity contribution in [1.29, 1.82) is 0 Å². The molecule has 0 aliphatic carbocycles. The lowest BCUT2D eigenvalue weighted by atomic mass is 10.1. The summed E-state index contributed by atoms with van der Waals surface area (Å²) in [5.74, 6) is -2.72. The van der Waals surface area contributed by atoms with Gasteiger partial charge in [0.2, 0.25) is 10.0 Å². The van der Waals surface area contributed by atoms with E-state index in [9.17, 15) is 32.1 Å². The first-order chi connectivity index (χ1) is 9.18. The highest BCUT2D eigenvalue weighted by molar-refractivity contribution is 7.89. The third-order valence-electron chi connectivity index (χ3n) is 2.17. The molecule has 20 heavy (non-hydrogen) atoms. The molecule has 0 spiro atoms. The summed E-state index contributed by atoms with van der Waals surface area (Å²) in [6, 6.07) is 0.939. The molecule has 0 fully saturated rings. The molecule has 0 aliphatic rings. The monoisotopic (exact) mass is 309 g/mol. The SMILES string of the molecule is NS(=O)(=O)c1cc([N+](=O)[O-])cc(C(=O)NCCF)c1F. The van der Waals surface area contributed by atoms with E-state index in [2.05, 4.69) is 0 Å². The van der Waals surface area contributed by atoms with Crippen LogP contribution in [-0.4, -0.2) is 32.5 Å². The highest BCUT2D eigenvalue weighted by Gasteiger charge is 2.26. The maximum absolute atomic E-state index is 13.9. The van der Waals surface area contributed by atoms with E-state index in [1.54, 1.807) is 0 Å². The second-order valence-electron chi connectivity index (χ2n) is 3.55. The number of rotatable bonds is 5. The molecule has 1 aromatic rings. The van der Waals surface area contributed by atoms with E-state index in [1.165, 1.54) is 0 Å². The number of carbonyl (C=O) groups is 1. The number of nitrogens with two attached hydrogens (primary N) is 1. The summed E-state index contributed by atoms with van der Waals surface area (Å²) in [6.45, 7) is -1.39. The molecule has 0 aliphatic heterocycles. The average Bonchev–Trinajstić information content (AvgIpc) is 2.34. The smallest absolute Gasteiger partial charge is 0.271 e. The molecular weight excluding hydrogens is 300 g/mol. The lowest BCUT2D eigenvalue weighted by Crippen LogP contribution is -2.27. The first-order valence-corrected chi connectivity index (χ1v) is 6.58. The zero-order chi connectivity index (χ0) is 15.5. The van der Waals surface area contributed by atoms with Gasteiger partial charge in [0.05, 0.1) is 10.5 Å². The number of carbonyl (C=O) groups excluding carboxylic acids is 1. The Labute approximate surface area is 111 Å². The van der Waals surface area contributed by atoms with Gasteiger partial charge in [-0.05, 0) is 0 Å². The third kappa shape index (κ3) is 3.45. The van der Waals surface area contributed by atoms with Crippen molar-refractivity contribution in [2.75, 3.05) is 13.2 Å². The predicted molar refractivity (Wildman–Crippen MR) is 62.7 cm³/mol. The highest BCUT2D eigenvalue weighted by atomic mass is 32.2. The van der Waals surface area contributed by atoms with Gasteiger partial charge in [-0.3, -0.25) is 14.9 Å². The summed E-state index contributed by atoms with van der Waals surface area (Å²) in [5, 5.41) is 17.3. The predicted octanol–water partition coefficient (Wildman–Crippen LogP) is 0.0806. The van der Waals surface area contributed by atoms with E-state index in [0.29, 0.717) is 12.1 Å². The molecule has 11 heteroatoms. The first-order valence-electron chi connectivity index (χ1n) is 5.03. The quantitative estimate of drug-likeness (QED) is 0.587. The second-order valence-corrected chi connectivity index (χ2v) is 5.08. The van der Waals surface area contributed by atoms with Gasteiger partial charge >= 0.3 is 0 Å². The number of hydrogen-bond donors (Lipinski definition) is 2. The van der Waals surface area contributed by atoms with Crippen molar-refractivity contribution >= 4 is 21.6 Å². The van der Waals surface area contributed by atoms with Gasteiger partial charge in [-0.2, -0.15) is 0 Å². The Morgan fingerprint density at radius 2 is 2.05 bits per heavy atom. The molecule has 0 unspecified atom stereocenters. The number of non-ortho nitro benzene ring substituents is 1. The third-order valence-corrected chi connectivity index (χ3v) is 3.08. The van der Waals surface area contributed by atoms with Gasteiger partial charge in [-0.15, -0.1) is 0 Å². The Morgan fingerprint density at radius 3 is 2.50 bits per heavy atom. The Morgan fingerprint density at radius 1 is 1.45 bits per heavy atom. The number of nitro benzene ring substituents is 1. The zero-order valence-corrected chi connectivity index (χ0v) is 10.6. The van der Waals surface area contributed by atoms with Crippen LogP contribution in [0.4, 0.5) is 14.5 Å². The second kappa shape index (κ2) is 5.88. The van der Waals surface area contributed by atoms with Crippen molar-refractivity contribution in [3.8, 4) is 0 Å². The van der Waals surface area contributed by atoms with Crippen LogP contribution >= 0.6 is 0 Å². The topological polar surface area (TPSA) is 132 Å². The number of nitrogens with zero attached hydrogens (tertiary/aromatic N) is 1. The Kier molecular flexibility index (Phi) is 4.68. The van der Waals surface area contributed by atoms with Crippen molar-refractivity contribution in [3.63, 3.8) is 0 Å². The fraction of sp³-hybridized carbons (Fsp3) is 0.222. The van der Waals surface area contributed by atoms with Crippen LogP contribution < -0.4 is 10.5 Å². The molecule has 1 rings (SSSR count). The molecular formula is C9H9F2N3O5S. The van der Waals surface area contributed by atoms with Gasteiger partial charge in [-0.1, -0.05) is 0 Å². The van der Waals surface area contributed by atoms with Crippen LogP contribution in [0.1, 0.15) is 10.4 Å². The average molecular weight is 309 g/mol. The van der Waals surface area contributed by atoms with Gasteiger partial charge < -0.3 is 5.32 Å². The maximum Gasteiger partial charge on any atom is 0.271 e. The van der Waals surface area contributed by atoms with Gasteiger partial charge in [0.15, 0.2) is 5.82 Å². The van der Waals surface area contributed by atoms with Gasteiger partial charge in [0.25, 0.3) is 11.6 Å². The van der Waals surface area contributed by atoms with Gasteiger partial charge in [0, 0.05) is 18.7 Å². The minimum absolute atomic E-state index is 0.399. The maximum atomic E-state index is 13.9. The molecule has 0 bridgehead atoms. The van der Waals surface area contributed by atoms with Gasteiger partial charge in [-0.25, -0.2) is 22.3 Å². The fourth-order valence-corrected chi connectivity index (χ4v) is 1.96. The molecule has 0 aromatic heterocycles. The molecule has 3 N–H and O–H groups in total. The Balaban J connectivity index is 3.47. The normalized spacial score (nSPS) is 11.2. The number of primary sulfonamides is 1. The molecule has 1 amide bonds. The summed E-state index contributed by atoms with van der Waals surface area (Å²) in [7, 11) is -4.60. The van der Waals surface area contributed by atoms with Crippen molar-refractivity contribution in [2.24, 2.45) is 5.14 Å². The first kappa shape index (κ1) is 15.9. The van der Waals surface area contributed by atoms with E-state index in [0.717, 1.165) is 0 Å². The van der Waals surface area contributed by atoms with E-state index >= 15 is 0 Å². The van der Waals surface area contributed by atoms with Crippen molar-refractivity contribution < 1.29 is 26.9 Å². The minimum atomic E-state index is -4.60. The number of amides is 1. The molecule has 1 aromatic carbocycles. The Hall–Kier alpha value is -2.14. The molecule has 0 atom stereocenters. The lowest BCUT2D eigenvalue weighted by molar-refractivity contribution is -0.385. The van der Waals surface area contributed by atoms with Crippen LogP contribution in [0.25, 0.3) is 0 Å². The van der Waals surface area contributed by atoms with E-state index in [4.69, 9.17) is 5.14 Å². The van der Waals surface area contributed by atoms with Crippen molar-refractivity contribution in [3.05, 3.63) is 33.6 Å². The Bertz CT molecular complexity index is 662. The number of halogens is 2. The lowest BCUT2D eigenvalue weighted by Gasteiger charge is -2.07. The van der Waals surface area contributed by atoms with Crippen molar-refractivity contribution in [2.45, 2.75) is 4.90 Å². The molecule has 0 saturated carbocycles. The van der Waals surface area contributed by atoms with Crippen LogP contribution in [0.5, 0.6) is 0 Å².